The molecule has 0 fully saturated rings. The summed E-state index contributed by atoms with van der Waals surface area (Å²) >= 11 is 0. The molecule has 15 heavy (non-hydrogen) atoms. The number of fused-ring (bicyclic) bond motifs is 1. The Morgan fingerprint density at radius 3 is 2.93 bits per heavy atom. The van der Waals surface area contributed by atoms with Crippen LogP contribution in [0.3, 0.4) is 0 Å². The number of aromatic nitrogens is 4. The summed E-state index contributed by atoms with van der Waals surface area (Å²) in [7, 11) is 1.54. The van der Waals surface area contributed by atoms with E-state index in [9.17, 15) is 5.11 Å². The molecule has 0 aliphatic carbocycles. The largest absolute Gasteiger partial charge is 0.479 e. The van der Waals surface area contributed by atoms with Gasteiger partial charge < -0.3 is 14.4 Å². The summed E-state index contributed by atoms with van der Waals surface area (Å²) in [6.45, 7) is 2.17. The van der Waals surface area contributed by atoms with Crippen molar-refractivity contribution >= 4 is 11.2 Å². The molecule has 0 aliphatic heterocycles. The topological polar surface area (TPSA) is 73.1 Å². The molecule has 80 valence electrons. The van der Waals surface area contributed by atoms with E-state index in [1.807, 2.05) is 0 Å². The van der Waals surface area contributed by atoms with E-state index in [1.165, 1.54) is 13.4 Å². The number of imidazole rings is 1. The predicted molar refractivity (Wildman–Crippen MR) is 53.6 cm³/mol. The average Bonchev–Trinajstić information content (AvgIpc) is 2.61. The molecule has 6 nitrogen and oxygen atoms in total. The van der Waals surface area contributed by atoms with Crippen LogP contribution in [-0.4, -0.2) is 37.8 Å². The minimum atomic E-state index is -0.441. The van der Waals surface area contributed by atoms with Crippen molar-refractivity contribution < 1.29 is 9.84 Å². The predicted octanol–water partition coefficient (Wildman–Crippen LogP) is 0.216. The van der Waals surface area contributed by atoms with E-state index in [1.54, 1.807) is 17.8 Å². The molecule has 2 aromatic heterocycles. The highest BCUT2D eigenvalue weighted by atomic mass is 16.5. The molecule has 0 bridgehead atoms. The molecule has 0 saturated heterocycles. The fourth-order valence-electron chi connectivity index (χ4n) is 1.43. The first-order valence-corrected chi connectivity index (χ1v) is 4.60. The van der Waals surface area contributed by atoms with Crippen LogP contribution < -0.4 is 4.74 Å². The first-order chi connectivity index (χ1) is 7.22. The van der Waals surface area contributed by atoms with Gasteiger partial charge in [-0.2, -0.15) is 4.98 Å². The van der Waals surface area contributed by atoms with Gasteiger partial charge in [-0.05, 0) is 6.92 Å². The second kappa shape index (κ2) is 3.82. The van der Waals surface area contributed by atoms with Gasteiger partial charge in [0.25, 0.3) is 0 Å². The summed E-state index contributed by atoms with van der Waals surface area (Å²) in [5, 5.41) is 9.29. The molecule has 0 aromatic carbocycles. The number of ether oxygens (including phenoxy) is 1. The number of rotatable bonds is 3. The van der Waals surface area contributed by atoms with E-state index in [-0.39, 0.29) is 0 Å². The molecule has 0 radical (unpaired) electrons. The maximum Gasteiger partial charge on any atom is 0.245 e. The lowest BCUT2D eigenvalue weighted by Crippen LogP contribution is -2.11. The molecular formula is C9H12N4O2. The Hall–Kier alpha value is -1.69. The lowest BCUT2D eigenvalue weighted by Gasteiger charge is -2.05. The smallest absolute Gasteiger partial charge is 0.245 e. The van der Waals surface area contributed by atoms with Crippen LogP contribution in [-0.2, 0) is 6.54 Å². The van der Waals surface area contributed by atoms with E-state index in [4.69, 9.17) is 4.74 Å². The number of hydrogen-bond donors (Lipinski definition) is 1. The molecule has 0 saturated carbocycles. The number of methoxy groups -OCH3 is 1. The third-order valence-corrected chi connectivity index (χ3v) is 2.02. The second-order valence-electron chi connectivity index (χ2n) is 3.30. The first-order valence-electron chi connectivity index (χ1n) is 4.60. The minimum absolute atomic E-state index is 0.441. The Morgan fingerprint density at radius 2 is 2.27 bits per heavy atom. The Morgan fingerprint density at radius 1 is 1.47 bits per heavy atom. The zero-order chi connectivity index (χ0) is 10.8. The van der Waals surface area contributed by atoms with Gasteiger partial charge in [-0.15, -0.1) is 0 Å². The summed E-state index contributed by atoms with van der Waals surface area (Å²) in [5.41, 5.74) is 1.28. The highest BCUT2D eigenvalue weighted by Gasteiger charge is 2.10. The van der Waals surface area contributed by atoms with Crippen molar-refractivity contribution in [3.05, 3.63) is 12.7 Å². The Bertz CT molecular complexity index is 466. The van der Waals surface area contributed by atoms with E-state index in [0.29, 0.717) is 23.6 Å². The lowest BCUT2D eigenvalue weighted by molar-refractivity contribution is 0.175. The highest BCUT2D eigenvalue weighted by Crippen LogP contribution is 2.18. The van der Waals surface area contributed by atoms with Crippen molar-refractivity contribution in [1.82, 2.24) is 19.5 Å². The minimum Gasteiger partial charge on any atom is -0.479 e. The molecule has 6 heteroatoms. The van der Waals surface area contributed by atoms with Gasteiger partial charge in [0.05, 0.1) is 26.1 Å². The average molecular weight is 208 g/mol. The standard InChI is InChI=1S/C9H12N4O2/c1-6(14)3-13-5-12-7-8(13)10-4-11-9(7)15-2/h4-6,14H,3H2,1-2H3. The third-order valence-electron chi connectivity index (χ3n) is 2.02. The van der Waals surface area contributed by atoms with Crippen molar-refractivity contribution in [3.63, 3.8) is 0 Å². The molecule has 0 amide bonds. The molecule has 1 unspecified atom stereocenters. The third kappa shape index (κ3) is 1.75. The SMILES string of the molecule is COc1ncnc2c1ncn2CC(C)O. The molecule has 1 N–H and O–H groups in total. The normalized spacial score (nSPS) is 13.0. The van der Waals surface area contributed by atoms with Crippen LogP contribution in [0.15, 0.2) is 12.7 Å². The van der Waals surface area contributed by atoms with Crippen LogP contribution >= 0.6 is 0 Å². The maximum atomic E-state index is 9.29. The maximum absolute atomic E-state index is 9.29. The van der Waals surface area contributed by atoms with E-state index < -0.39 is 6.10 Å². The monoisotopic (exact) mass is 208 g/mol. The highest BCUT2D eigenvalue weighted by molar-refractivity contribution is 5.75. The number of aliphatic hydroxyl groups is 1. The van der Waals surface area contributed by atoms with Crippen LogP contribution in [0.1, 0.15) is 6.92 Å². The first kappa shape index (κ1) is 9.85. The zero-order valence-electron chi connectivity index (χ0n) is 8.58. The summed E-state index contributed by atoms with van der Waals surface area (Å²) in [6.07, 6.45) is 2.60. The van der Waals surface area contributed by atoms with Gasteiger partial charge in [-0.25, -0.2) is 9.97 Å². The number of nitrogens with zero attached hydrogens (tertiary/aromatic N) is 4. The van der Waals surface area contributed by atoms with Gasteiger partial charge >= 0.3 is 0 Å². The van der Waals surface area contributed by atoms with E-state index in [2.05, 4.69) is 15.0 Å². The molecular weight excluding hydrogens is 196 g/mol. The van der Waals surface area contributed by atoms with Crippen LogP contribution in [0.5, 0.6) is 5.88 Å². The fraction of sp³-hybridized carbons (Fsp3) is 0.444. The van der Waals surface area contributed by atoms with Crippen molar-refractivity contribution in [3.8, 4) is 5.88 Å². The Kier molecular flexibility index (Phi) is 2.51. The number of aliphatic hydroxyl groups excluding tert-OH is 1. The van der Waals surface area contributed by atoms with Gasteiger partial charge in [-0.3, -0.25) is 0 Å². The second-order valence-corrected chi connectivity index (χ2v) is 3.30. The lowest BCUT2D eigenvalue weighted by atomic mass is 10.4. The van der Waals surface area contributed by atoms with Gasteiger partial charge in [-0.1, -0.05) is 0 Å². The summed E-state index contributed by atoms with van der Waals surface area (Å²) < 4.78 is 6.82. The Labute approximate surface area is 86.6 Å². The quantitative estimate of drug-likeness (QED) is 0.780. The van der Waals surface area contributed by atoms with Gasteiger partial charge in [0, 0.05) is 0 Å². The van der Waals surface area contributed by atoms with E-state index >= 15 is 0 Å². The molecule has 2 aromatic rings. The van der Waals surface area contributed by atoms with Gasteiger partial charge in [0.15, 0.2) is 11.2 Å². The fourth-order valence-corrected chi connectivity index (χ4v) is 1.43. The summed E-state index contributed by atoms with van der Waals surface area (Å²) in [4.78, 5) is 12.2. The van der Waals surface area contributed by atoms with Crippen LogP contribution in [0.25, 0.3) is 11.2 Å². The molecule has 0 spiro atoms. The van der Waals surface area contributed by atoms with Crippen molar-refractivity contribution in [2.24, 2.45) is 0 Å². The van der Waals surface area contributed by atoms with E-state index in [0.717, 1.165) is 0 Å². The molecule has 2 heterocycles. The summed E-state index contributed by atoms with van der Waals surface area (Å²) in [6, 6.07) is 0. The van der Waals surface area contributed by atoms with Crippen molar-refractivity contribution in [2.45, 2.75) is 19.6 Å². The molecule has 0 aliphatic rings. The molecule has 2 rings (SSSR count). The number of hydrogen-bond acceptors (Lipinski definition) is 5. The molecule has 1 atom stereocenters. The van der Waals surface area contributed by atoms with Crippen LogP contribution in [0.2, 0.25) is 0 Å². The van der Waals surface area contributed by atoms with Gasteiger partial charge in [0.2, 0.25) is 5.88 Å². The Balaban J connectivity index is 2.51. The van der Waals surface area contributed by atoms with Crippen LogP contribution in [0, 0.1) is 0 Å². The van der Waals surface area contributed by atoms with Gasteiger partial charge in [0.1, 0.15) is 6.33 Å². The zero-order valence-corrected chi connectivity index (χ0v) is 8.58. The summed E-state index contributed by atoms with van der Waals surface area (Å²) in [5.74, 6) is 0.448. The van der Waals surface area contributed by atoms with Crippen molar-refractivity contribution in [2.75, 3.05) is 7.11 Å². The van der Waals surface area contributed by atoms with Crippen LogP contribution in [0.4, 0.5) is 0 Å². The van der Waals surface area contributed by atoms with Crippen molar-refractivity contribution in [1.29, 1.82) is 0 Å².